The number of alkyl halides is 2. The van der Waals surface area contributed by atoms with Gasteiger partial charge in [-0.3, -0.25) is 0 Å². The topological polar surface area (TPSA) is 29.5 Å². The van der Waals surface area contributed by atoms with Crippen molar-refractivity contribution in [3.8, 4) is 0 Å². The van der Waals surface area contributed by atoms with Crippen LogP contribution in [-0.2, 0) is 4.43 Å². The van der Waals surface area contributed by atoms with Gasteiger partial charge in [0.1, 0.15) is 11.9 Å². The van der Waals surface area contributed by atoms with Crippen LogP contribution in [0.15, 0.2) is 24.3 Å². The predicted octanol–water partition coefficient (Wildman–Crippen LogP) is 4.91. The number of hydrogen-bond acceptors (Lipinski definition) is 2. The summed E-state index contributed by atoms with van der Waals surface area (Å²) in [7, 11) is -2.27. The highest BCUT2D eigenvalue weighted by molar-refractivity contribution is 6.73. The zero-order valence-electron chi connectivity index (χ0n) is 13.4. The fourth-order valence-corrected chi connectivity index (χ4v) is 5.37. The summed E-state index contributed by atoms with van der Waals surface area (Å²) in [6, 6.07) is 7.23. The largest absolute Gasteiger partial charge is 0.404 e. The van der Waals surface area contributed by atoms with E-state index in [2.05, 4.69) is 0 Å². The van der Waals surface area contributed by atoms with Gasteiger partial charge in [-0.05, 0) is 35.8 Å². The second-order valence-corrected chi connectivity index (χ2v) is 10.3. The smallest absolute Gasteiger partial charge is 0.278 e. The molecule has 0 saturated heterocycles. The molecule has 1 aromatic rings. The molecule has 22 heavy (non-hydrogen) atoms. The minimum atomic E-state index is -3.19. The second-order valence-electron chi connectivity index (χ2n) is 5.53. The van der Waals surface area contributed by atoms with E-state index in [4.69, 9.17) is 9.53 Å². The van der Waals surface area contributed by atoms with Gasteiger partial charge in [0.05, 0.1) is 0 Å². The van der Waals surface area contributed by atoms with Crippen LogP contribution in [0.3, 0.4) is 0 Å². The number of rotatable bonds is 9. The quantitative estimate of drug-likeness (QED) is 0.650. The Balaban J connectivity index is 3.19. The molecule has 1 atom stereocenters. The van der Waals surface area contributed by atoms with E-state index in [0.29, 0.717) is 0 Å². The fourth-order valence-electron chi connectivity index (χ4n) is 2.57. The summed E-state index contributed by atoms with van der Waals surface area (Å²) < 4.78 is 48.0. The third-order valence-corrected chi connectivity index (χ3v) is 8.90. The highest BCUT2D eigenvalue weighted by atomic mass is 28.4. The van der Waals surface area contributed by atoms with Crippen LogP contribution in [0, 0.1) is 5.82 Å². The van der Waals surface area contributed by atoms with Crippen LogP contribution < -0.4 is 0 Å². The molecule has 6 heteroatoms. The third-order valence-electron chi connectivity index (χ3n) is 4.30. The average molecular weight is 334 g/mol. The summed E-state index contributed by atoms with van der Waals surface area (Å²) in [6.45, 7) is 5.27. The van der Waals surface area contributed by atoms with Crippen LogP contribution in [0.1, 0.15) is 38.9 Å². The Hall–Kier alpha value is -0.853. The Morgan fingerprint density at radius 2 is 1.59 bits per heavy atom. The molecule has 0 amide bonds. The summed E-state index contributed by atoms with van der Waals surface area (Å²) in [6.07, 6.45) is -2.11. The van der Waals surface area contributed by atoms with Crippen LogP contribution >= 0.6 is 0 Å². The first-order chi connectivity index (χ1) is 10.3. The molecule has 1 rings (SSSR count). The van der Waals surface area contributed by atoms with Gasteiger partial charge in [0.2, 0.25) is 0 Å². The molecule has 0 saturated carbocycles. The van der Waals surface area contributed by atoms with E-state index in [-0.39, 0.29) is 5.56 Å². The molecule has 0 heterocycles. The van der Waals surface area contributed by atoms with Crippen LogP contribution in [-0.4, -0.2) is 26.0 Å². The van der Waals surface area contributed by atoms with Crippen molar-refractivity contribution in [2.24, 2.45) is 0 Å². The molecular formula is C16H25F3O2Si. The van der Waals surface area contributed by atoms with Crippen LogP contribution in [0.4, 0.5) is 13.2 Å². The highest BCUT2D eigenvalue weighted by Gasteiger charge is 2.45. The summed E-state index contributed by atoms with van der Waals surface area (Å²) in [5.41, 5.74) is 0.257. The van der Waals surface area contributed by atoms with Crippen molar-refractivity contribution in [1.29, 1.82) is 0 Å². The summed E-state index contributed by atoms with van der Waals surface area (Å²) in [4.78, 5) is 0. The molecule has 2 nitrogen and oxygen atoms in total. The molecule has 0 aliphatic carbocycles. The summed E-state index contributed by atoms with van der Waals surface area (Å²) in [5, 5.41) is 8.93. The number of aliphatic hydroxyl groups is 1. The maximum Gasteiger partial charge on any atom is 0.278 e. The van der Waals surface area contributed by atoms with Crippen LogP contribution in [0.2, 0.25) is 18.1 Å². The molecule has 0 fully saturated rings. The Kier molecular flexibility index (Phi) is 7.09. The predicted molar refractivity (Wildman–Crippen MR) is 84.1 cm³/mol. The molecule has 0 aromatic heterocycles. The van der Waals surface area contributed by atoms with Crippen molar-refractivity contribution in [3.63, 3.8) is 0 Å². The van der Waals surface area contributed by atoms with Crippen molar-refractivity contribution in [1.82, 2.24) is 0 Å². The van der Waals surface area contributed by atoms with Gasteiger partial charge in [-0.15, -0.1) is 0 Å². The van der Waals surface area contributed by atoms with E-state index < -0.39 is 39.2 Å². The monoisotopic (exact) mass is 334 g/mol. The summed E-state index contributed by atoms with van der Waals surface area (Å²) in [5.74, 6) is -3.66. The maximum absolute atomic E-state index is 14.5. The Morgan fingerprint density at radius 3 is 2.00 bits per heavy atom. The lowest BCUT2D eigenvalue weighted by Crippen LogP contribution is -2.42. The van der Waals surface area contributed by atoms with Gasteiger partial charge in [-0.1, -0.05) is 32.9 Å². The zero-order valence-corrected chi connectivity index (χ0v) is 14.4. The summed E-state index contributed by atoms with van der Waals surface area (Å²) >= 11 is 0. The molecule has 0 aliphatic heterocycles. The molecular weight excluding hydrogens is 309 g/mol. The van der Waals surface area contributed by atoms with Crippen molar-refractivity contribution in [3.05, 3.63) is 35.6 Å². The lowest BCUT2D eigenvalue weighted by molar-refractivity contribution is -0.115. The van der Waals surface area contributed by atoms with Gasteiger partial charge in [0.25, 0.3) is 5.92 Å². The van der Waals surface area contributed by atoms with Gasteiger partial charge in [-0.25, -0.2) is 13.2 Å². The molecule has 1 aromatic carbocycles. The number of aliphatic hydroxyl groups excluding tert-OH is 1. The lowest BCUT2D eigenvalue weighted by Gasteiger charge is -2.37. The van der Waals surface area contributed by atoms with Crippen molar-refractivity contribution < 1.29 is 22.7 Å². The van der Waals surface area contributed by atoms with Crippen molar-refractivity contribution in [2.45, 2.75) is 57.4 Å². The average Bonchev–Trinajstić information content (AvgIpc) is 2.50. The van der Waals surface area contributed by atoms with E-state index >= 15 is 0 Å². The first-order valence-electron chi connectivity index (χ1n) is 7.76. The zero-order chi connectivity index (χ0) is 16.8. The lowest BCUT2D eigenvalue weighted by atomic mass is 10.0. The molecule has 0 radical (unpaired) electrons. The van der Waals surface area contributed by atoms with Gasteiger partial charge < -0.3 is 9.53 Å². The van der Waals surface area contributed by atoms with Crippen LogP contribution in [0.5, 0.6) is 0 Å². The first-order valence-corrected chi connectivity index (χ1v) is 10.3. The molecule has 0 spiro atoms. The van der Waals surface area contributed by atoms with Gasteiger partial charge >= 0.3 is 0 Å². The van der Waals surface area contributed by atoms with E-state index in [1.165, 1.54) is 12.1 Å². The SMILES string of the molecule is CC[Si](CC)(CC)OC(c1ccc(F)cc1)C(F)(F)CCO. The number of halogens is 3. The van der Waals surface area contributed by atoms with Gasteiger partial charge in [-0.2, -0.15) is 0 Å². The molecule has 126 valence electrons. The minimum absolute atomic E-state index is 0.257. The molecule has 0 bridgehead atoms. The van der Waals surface area contributed by atoms with E-state index in [1.54, 1.807) is 0 Å². The third kappa shape index (κ3) is 4.57. The van der Waals surface area contributed by atoms with E-state index in [9.17, 15) is 13.2 Å². The van der Waals surface area contributed by atoms with Gasteiger partial charge in [0.15, 0.2) is 8.32 Å². The number of hydrogen-bond donors (Lipinski definition) is 1. The van der Waals surface area contributed by atoms with Gasteiger partial charge in [0, 0.05) is 13.0 Å². The van der Waals surface area contributed by atoms with Crippen LogP contribution in [0.25, 0.3) is 0 Å². The fraction of sp³-hybridized carbons (Fsp3) is 0.625. The van der Waals surface area contributed by atoms with Crippen molar-refractivity contribution in [2.75, 3.05) is 6.61 Å². The maximum atomic E-state index is 14.5. The Bertz CT molecular complexity index is 439. The Morgan fingerprint density at radius 1 is 1.09 bits per heavy atom. The normalized spacial score (nSPS) is 14.1. The standard InChI is InChI=1S/C16H25F3O2Si/c1-4-22(5-2,6-3)21-15(16(18,19)11-12-20)13-7-9-14(17)10-8-13/h7-10,15,20H,4-6,11-12H2,1-3H3. The molecule has 0 aliphatic rings. The minimum Gasteiger partial charge on any atom is -0.404 e. The molecule has 1 unspecified atom stereocenters. The molecule has 1 N–H and O–H groups in total. The first kappa shape index (κ1) is 19.2. The van der Waals surface area contributed by atoms with E-state index in [0.717, 1.165) is 30.3 Å². The van der Waals surface area contributed by atoms with Crippen molar-refractivity contribution >= 4 is 8.32 Å². The van der Waals surface area contributed by atoms with E-state index in [1.807, 2.05) is 20.8 Å². The number of benzene rings is 1. The Labute approximate surface area is 131 Å². The second kappa shape index (κ2) is 8.13. The highest BCUT2D eigenvalue weighted by Crippen LogP contribution is 2.41.